The largest absolute Gasteiger partial charge is 0.353 e. The maximum Gasteiger partial charge on any atom is 0.157 e. The van der Waals surface area contributed by atoms with Gasteiger partial charge in [0.15, 0.2) is 6.29 Å². The van der Waals surface area contributed by atoms with Crippen LogP contribution in [0, 0.1) is 0 Å². The molecule has 0 aromatic heterocycles. The monoisotopic (exact) mass is 266 g/mol. The Labute approximate surface area is 114 Å². The molecule has 0 radical (unpaired) electrons. The predicted octanol–water partition coefficient (Wildman–Crippen LogP) is 2.47. The molecule has 0 amide bonds. The Balaban J connectivity index is 2.23. The zero-order chi connectivity index (χ0) is 13.1. The lowest BCUT2D eigenvalue weighted by Crippen LogP contribution is -2.21. The second kappa shape index (κ2) is 10.3. The molecule has 18 heavy (non-hydrogen) atoms. The number of rotatable bonds is 10. The fourth-order valence-electron chi connectivity index (χ4n) is 1.83. The summed E-state index contributed by atoms with van der Waals surface area (Å²) >= 11 is 0. The minimum atomic E-state index is -0.161. The highest BCUT2D eigenvalue weighted by Crippen LogP contribution is 2.06. The molecule has 0 bridgehead atoms. The molecule has 0 atom stereocenters. The fourth-order valence-corrected chi connectivity index (χ4v) is 3.38. The quantitative estimate of drug-likeness (QED) is 0.478. The summed E-state index contributed by atoms with van der Waals surface area (Å²) in [5.41, 5.74) is 0. The third-order valence-corrected chi connectivity index (χ3v) is 4.57. The van der Waals surface area contributed by atoms with Crippen molar-refractivity contribution >= 4 is 14.7 Å². The molecule has 0 aliphatic heterocycles. The van der Waals surface area contributed by atoms with Gasteiger partial charge >= 0.3 is 0 Å². The Morgan fingerprint density at radius 2 is 1.61 bits per heavy atom. The van der Waals surface area contributed by atoms with Gasteiger partial charge in [0.2, 0.25) is 0 Å². The molecule has 0 fully saturated rings. The minimum Gasteiger partial charge on any atom is -0.353 e. The van der Waals surface area contributed by atoms with Gasteiger partial charge in [-0.1, -0.05) is 55.4 Å². The first-order valence-electron chi connectivity index (χ1n) is 7.14. The average Bonchev–Trinajstić information content (AvgIpc) is 2.42. The van der Waals surface area contributed by atoms with E-state index in [2.05, 4.69) is 44.2 Å². The zero-order valence-electron chi connectivity index (χ0n) is 11.7. The molecule has 0 heterocycles. The minimum absolute atomic E-state index is 0.0149. The van der Waals surface area contributed by atoms with E-state index in [1.54, 1.807) is 0 Å². The molecule has 1 aromatic carbocycles. The fraction of sp³-hybridized carbons (Fsp3) is 0.600. The molecule has 0 saturated carbocycles. The SMILES string of the molecule is CCCOC(CC[SiH2]c1ccccc1)OCCC. The molecule has 1 rings (SSSR count). The van der Waals surface area contributed by atoms with E-state index in [1.807, 2.05) is 0 Å². The van der Waals surface area contributed by atoms with Crippen molar-refractivity contribution in [3.05, 3.63) is 30.3 Å². The molecular formula is C15H26O2Si. The molecule has 102 valence electrons. The van der Waals surface area contributed by atoms with Gasteiger partial charge in [0.25, 0.3) is 0 Å². The van der Waals surface area contributed by atoms with Crippen LogP contribution in [0.4, 0.5) is 0 Å². The van der Waals surface area contributed by atoms with Crippen molar-refractivity contribution in [3.8, 4) is 0 Å². The van der Waals surface area contributed by atoms with Gasteiger partial charge in [-0.15, -0.1) is 0 Å². The van der Waals surface area contributed by atoms with E-state index >= 15 is 0 Å². The Morgan fingerprint density at radius 3 is 2.17 bits per heavy atom. The van der Waals surface area contributed by atoms with E-state index < -0.39 is 0 Å². The lowest BCUT2D eigenvalue weighted by atomic mass is 10.4. The zero-order valence-corrected chi connectivity index (χ0v) is 13.1. The Morgan fingerprint density at radius 1 is 1.00 bits per heavy atom. The number of ether oxygens (including phenoxy) is 2. The van der Waals surface area contributed by atoms with Gasteiger partial charge in [-0.25, -0.2) is 0 Å². The molecule has 2 nitrogen and oxygen atoms in total. The highest BCUT2D eigenvalue weighted by atomic mass is 28.2. The molecule has 3 heteroatoms. The Kier molecular flexibility index (Phi) is 8.82. The van der Waals surface area contributed by atoms with E-state index in [4.69, 9.17) is 9.47 Å². The smallest absolute Gasteiger partial charge is 0.157 e. The Hall–Kier alpha value is -0.643. The van der Waals surface area contributed by atoms with Crippen LogP contribution < -0.4 is 5.19 Å². The summed E-state index contributed by atoms with van der Waals surface area (Å²) in [5.74, 6) is 0. The summed E-state index contributed by atoms with van der Waals surface area (Å²) in [4.78, 5) is 0. The van der Waals surface area contributed by atoms with E-state index in [0.717, 1.165) is 32.5 Å². The van der Waals surface area contributed by atoms with E-state index in [1.165, 1.54) is 11.2 Å². The summed E-state index contributed by atoms with van der Waals surface area (Å²) in [6, 6.07) is 12.1. The Bertz CT molecular complexity index is 282. The maximum atomic E-state index is 5.73. The van der Waals surface area contributed by atoms with Gasteiger partial charge in [-0.2, -0.15) is 0 Å². The van der Waals surface area contributed by atoms with Crippen molar-refractivity contribution in [2.45, 2.75) is 45.4 Å². The van der Waals surface area contributed by atoms with Crippen LogP contribution in [0.25, 0.3) is 0 Å². The first-order valence-corrected chi connectivity index (χ1v) is 8.84. The molecule has 0 aliphatic rings. The van der Waals surface area contributed by atoms with Gasteiger partial charge in [0.05, 0.1) is 9.52 Å². The van der Waals surface area contributed by atoms with Crippen LogP contribution in [0.2, 0.25) is 6.04 Å². The maximum absolute atomic E-state index is 5.73. The normalized spacial score (nSPS) is 11.7. The number of benzene rings is 1. The molecule has 0 unspecified atom stereocenters. The van der Waals surface area contributed by atoms with Crippen molar-refractivity contribution in [2.24, 2.45) is 0 Å². The van der Waals surface area contributed by atoms with Crippen LogP contribution >= 0.6 is 0 Å². The van der Waals surface area contributed by atoms with E-state index in [-0.39, 0.29) is 15.8 Å². The van der Waals surface area contributed by atoms with Crippen molar-refractivity contribution in [2.75, 3.05) is 13.2 Å². The summed E-state index contributed by atoms with van der Waals surface area (Å²) in [5, 5.41) is 1.53. The molecule has 0 saturated heterocycles. The van der Waals surface area contributed by atoms with Crippen LogP contribution in [0.1, 0.15) is 33.1 Å². The van der Waals surface area contributed by atoms with Crippen LogP contribution in [-0.2, 0) is 9.47 Å². The van der Waals surface area contributed by atoms with Gasteiger partial charge in [0.1, 0.15) is 0 Å². The van der Waals surface area contributed by atoms with Crippen molar-refractivity contribution < 1.29 is 9.47 Å². The van der Waals surface area contributed by atoms with Crippen molar-refractivity contribution in [1.82, 2.24) is 0 Å². The first kappa shape index (κ1) is 15.4. The van der Waals surface area contributed by atoms with Crippen LogP contribution in [-0.4, -0.2) is 29.0 Å². The summed E-state index contributed by atoms with van der Waals surface area (Å²) in [7, 11) is -0.161. The van der Waals surface area contributed by atoms with Gasteiger partial charge < -0.3 is 9.47 Å². The molecule has 0 spiro atoms. The van der Waals surface area contributed by atoms with Crippen molar-refractivity contribution in [1.29, 1.82) is 0 Å². The summed E-state index contributed by atoms with van der Waals surface area (Å²) in [6.07, 6.45) is 3.17. The standard InChI is InChI=1S/C15H26O2Si/c1-3-11-16-15(17-12-4-2)10-13-18-14-8-6-5-7-9-14/h5-9,15H,3-4,10-13,18H2,1-2H3. The second-order valence-electron chi connectivity index (χ2n) is 4.55. The lowest BCUT2D eigenvalue weighted by molar-refractivity contribution is -0.143. The van der Waals surface area contributed by atoms with Gasteiger partial charge in [-0.05, 0) is 19.3 Å². The third-order valence-electron chi connectivity index (χ3n) is 2.76. The number of hydrogen-bond acceptors (Lipinski definition) is 2. The van der Waals surface area contributed by atoms with Crippen LogP contribution in [0.15, 0.2) is 30.3 Å². The summed E-state index contributed by atoms with van der Waals surface area (Å²) < 4.78 is 11.5. The third kappa shape index (κ3) is 6.94. The molecular weight excluding hydrogens is 240 g/mol. The first-order chi connectivity index (χ1) is 8.86. The van der Waals surface area contributed by atoms with Crippen LogP contribution in [0.3, 0.4) is 0 Å². The predicted molar refractivity (Wildman–Crippen MR) is 80.3 cm³/mol. The lowest BCUT2D eigenvalue weighted by Gasteiger charge is -2.17. The molecule has 0 N–H and O–H groups in total. The molecule has 1 aromatic rings. The van der Waals surface area contributed by atoms with Gasteiger partial charge in [-0.3, -0.25) is 0 Å². The highest BCUT2D eigenvalue weighted by molar-refractivity contribution is 6.53. The topological polar surface area (TPSA) is 18.5 Å². The highest BCUT2D eigenvalue weighted by Gasteiger charge is 2.08. The van der Waals surface area contributed by atoms with E-state index in [0.29, 0.717) is 0 Å². The van der Waals surface area contributed by atoms with Gasteiger partial charge in [0, 0.05) is 13.2 Å². The average molecular weight is 266 g/mol. The number of hydrogen-bond donors (Lipinski definition) is 0. The summed E-state index contributed by atoms with van der Waals surface area (Å²) in [6.45, 7) is 5.88. The van der Waals surface area contributed by atoms with E-state index in [9.17, 15) is 0 Å². The van der Waals surface area contributed by atoms with Crippen LogP contribution in [0.5, 0.6) is 0 Å². The van der Waals surface area contributed by atoms with Crippen molar-refractivity contribution in [3.63, 3.8) is 0 Å². The molecule has 0 aliphatic carbocycles. The second-order valence-corrected chi connectivity index (χ2v) is 6.57.